The smallest absolute Gasteiger partial charge is 0.213 e. The molecule has 2 N–H and O–H groups in total. The van der Waals surface area contributed by atoms with E-state index in [-0.39, 0.29) is 11.7 Å². The Labute approximate surface area is 196 Å². The molecule has 5 heteroatoms. The molecule has 1 saturated carbocycles. The SMILES string of the molecule is C=C1C[C@@H](c2ccc(F)cc2C2=CCC(CC)=CC(OCC)=N2)CC(=N)/C1=C(/C)CC1CN1. The van der Waals surface area contributed by atoms with Crippen LogP contribution in [0.15, 0.2) is 64.2 Å². The Kier molecular flexibility index (Phi) is 7.08. The maximum Gasteiger partial charge on any atom is 0.213 e. The molecule has 1 aromatic carbocycles. The fraction of sp³-hybridized carbons (Fsp3) is 0.429. The lowest BCUT2D eigenvalue weighted by Gasteiger charge is -2.30. The maximum atomic E-state index is 14.4. The van der Waals surface area contributed by atoms with Crippen molar-refractivity contribution in [2.24, 2.45) is 4.99 Å². The monoisotopic (exact) mass is 447 g/mol. The molecule has 1 unspecified atom stereocenters. The first-order valence-corrected chi connectivity index (χ1v) is 12.0. The standard InChI is InChI=1S/C28H34FN3O/c1-5-19-7-10-26(32-27(13-19)33-6-2)24-15-21(29)8-9-23(24)20-11-17(3)28(25(30)14-20)18(4)12-22-16-31-22/h8-10,13,15,20,22,30-31H,3,5-7,11-12,14,16H2,1-2,4H3/b28-18-,30-25?/t20-,22?/m1/s1. The first-order chi connectivity index (χ1) is 15.9. The molecule has 33 heavy (non-hydrogen) atoms. The highest BCUT2D eigenvalue weighted by Crippen LogP contribution is 2.41. The van der Waals surface area contributed by atoms with Gasteiger partial charge in [0.2, 0.25) is 5.90 Å². The minimum Gasteiger partial charge on any atom is -0.478 e. The lowest BCUT2D eigenvalue weighted by molar-refractivity contribution is 0.330. The number of allylic oxidation sites excluding steroid dienone is 4. The number of hydrogen-bond donors (Lipinski definition) is 2. The molecule has 0 bridgehead atoms. The molecule has 0 spiro atoms. The van der Waals surface area contributed by atoms with Crippen LogP contribution in [0.5, 0.6) is 0 Å². The molecule has 0 amide bonds. The van der Waals surface area contributed by atoms with Crippen molar-refractivity contribution in [1.82, 2.24) is 5.32 Å². The van der Waals surface area contributed by atoms with Crippen molar-refractivity contribution in [3.8, 4) is 0 Å². The van der Waals surface area contributed by atoms with E-state index in [1.54, 1.807) is 6.07 Å². The first kappa shape index (κ1) is 23.4. The van der Waals surface area contributed by atoms with Crippen LogP contribution in [-0.4, -0.2) is 30.8 Å². The molecule has 1 aromatic rings. The highest BCUT2D eigenvalue weighted by Gasteiger charge is 2.30. The molecule has 1 aliphatic carbocycles. The molecule has 2 aliphatic heterocycles. The zero-order valence-electron chi connectivity index (χ0n) is 19.9. The van der Waals surface area contributed by atoms with Crippen LogP contribution >= 0.6 is 0 Å². The van der Waals surface area contributed by atoms with Gasteiger partial charge in [-0.15, -0.1) is 0 Å². The molecule has 4 nitrogen and oxygen atoms in total. The van der Waals surface area contributed by atoms with Gasteiger partial charge in [-0.25, -0.2) is 9.38 Å². The number of halogens is 1. The number of nitrogens with zero attached hydrogens (tertiary/aromatic N) is 1. The van der Waals surface area contributed by atoms with Gasteiger partial charge in [0.05, 0.1) is 12.3 Å². The Morgan fingerprint density at radius 1 is 1.30 bits per heavy atom. The fourth-order valence-electron chi connectivity index (χ4n) is 4.91. The number of benzene rings is 1. The minimum absolute atomic E-state index is 0.0738. The van der Waals surface area contributed by atoms with Gasteiger partial charge in [-0.2, -0.15) is 0 Å². The molecule has 174 valence electrons. The van der Waals surface area contributed by atoms with E-state index in [0.717, 1.165) is 60.2 Å². The van der Waals surface area contributed by atoms with Crippen LogP contribution in [-0.2, 0) is 4.74 Å². The second kappa shape index (κ2) is 10.0. The van der Waals surface area contributed by atoms with Gasteiger partial charge >= 0.3 is 0 Å². The lowest BCUT2D eigenvalue weighted by atomic mass is 9.74. The topological polar surface area (TPSA) is 67.4 Å². The summed E-state index contributed by atoms with van der Waals surface area (Å²) in [6, 6.07) is 5.50. The van der Waals surface area contributed by atoms with Crippen molar-refractivity contribution < 1.29 is 9.13 Å². The number of rotatable bonds is 6. The van der Waals surface area contributed by atoms with Gasteiger partial charge in [0.1, 0.15) is 5.82 Å². The zero-order valence-corrected chi connectivity index (χ0v) is 19.9. The van der Waals surface area contributed by atoms with Gasteiger partial charge in [-0.05, 0) is 86.8 Å². The Morgan fingerprint density at radius 2 is 2.09 bits per heavy atom. The summed E-state index contributed by atoms with van der Waals surface area (Å²) in [5, 5.41) is 12.1. The van der Waals surface area contributed by atoms with E-state index in [2.05, 4.69) is 31.8 Å². The molecule has 4 rings (SSSR count). The molecule has 2 heterocycles. The highest BCUT2D eigenvalue weighted by atomic mass is 19.1. The third-order valence-electron chi connectivity index (χ3n) is 6.66. The van der Waals surface area contributed by atoms with Crippen molar-refractivity contribution in [2.75, 3.05) is 13.2 Å². The Bertz CT molecular complexity index is 1070. The summed E-state index contributed by atoms with van der Waals surface area (Å²) in [6.07, 6.45) is 8.10. The van der Waals surface area contributed by atoms with Crippen molar-refractivity contribution in [3.63, 3.8) is 0 Å². The summed E-state index contributed by atoms with van der Waals surface area (Å²) in [5.74, 6) is 0.363. The van der Waals surface area contributed by atoms with E-state index in [9.17, 15) is 4.39 Å². The maximum absolute atomic E-state index is 14.4. The largest absolute Gasteiger partial charge is 0.478 e. The molecule has 0 aromatic heterocycles. The summed E-state index contributed by atoms with van der Waals surface area (Å²) < 4.78 is 20.2. The van der Waals surface area contributed by atoms with E-state index < -0.39 is 0 Å². The Morgan fingerprint density at radius 3 is 2.76 bits per heavy atom. The van der Waals surface area contributed by atoms with Crippen LogP contribution in [0.3, 0.4) is 0 Å². The van der Waals surface area contributed by atoms with E-state index in [1.807, 2.05) is 19.1 Å². The quantitative estimate of drug-likeness (QED) is 0.491. The Balaban J connectivity index is 1.67. The van der Waals surface area contributed by atoms with Crippen molar-refractivity contribution in [2.45, 2.75) is 64.8 Å². The van der Waals surface area contributed by atoms with Gasteiger partial charge in [-0.3, -0.25) is 0 Å². The third-order valence-corrected chi connectivity index (χ3v) is 6.66. The van der Waals surface area contributed by atoms with Gasteiger partial charge in [0.25, 0.3) is 0 Å². The number of aliphatic imine (C=N–C) groups is 1. The van der Waals surface area contributed by atoms with Crippen molar-refractivity contribution >= 4 is 17.3 Å². The van der Waals surface area contributed by atoms with E-state index >= 15 is 0 Å². The van der Waals surface area contributed by atoms with Crippen LogP contribution in [0.2, 0.25) is 0 Å². The second-order valence-electron chi connectivity index (χ2n) is 9.22. The molecule has 2 atom stereocenters. The van der Waals surface area contributed by atoms with Crippen molar-refractivity contribution in [3.05, 3.63) is 76.2 Å². The highest BCUT2D eigenvalue weighted by molar-refractivity contribution is 6.04. The first-order valence-electron chi connectivity index (χ1n) is 12.0. The minimum atomic E-state index is -0.284. The number of hydrogen-bond acceptors (Lipinski definition) is 4. The number of ether oxygens (including phenoxy) is 1. The zero-order chi connectivity index (χ0) is 23.5. The second-order valence-corrected chi connectivity index (χ2v) is 9.22. The summed E-state index contributed by atoms with van der Waals surface area (Å²) in [6.45, 7) is 12.1. The van der Waals surface area contributed by atoms with Gasteiger partial charge in [0, 0.05) is 23.9 Å². The van der Waals surface area contributed by atoms with E-state index in [4.69, 9.17) is 15.1 Å². The molecule has 0 radical (unpaired) electrons. The van der Waals surface area contributed by atoms with Gasteiger partial charge < -0.3 is 15.5 Å². The molecule has 3 aliphatic rings. The summed E-state index contributed by atoms with van der Waals surface area (Å²) in [5.41, 5.74) is 7.70. The lowest BCUT2D eigenvalue weighted by Crippen LogP contribution is -2.20. The number of nitrogens with one attached hydrogen (secondary N) is 2. The van der Waals surface area contributed by atoms with Crippen LogP contribution in [0.4, 0.5) is 4.39 Å². The van der Waals surface area contributed by atoms with Crippen LogP contribution < -0.4 is 5.32 Å². The Hall–Kier alpha value is -2.79. The predicted octanol–water partition coefficient (Wildman–Crippen LogP) is 6.47. The fourth-order valence-corrected chi connectivity index (χ4v) is 4.91. The van der Waals surface area contributed by atoms with Crippen LogP contribution in [0, 0.1) is 11.2 Å². The molecular formula is C28H34FN3O. The van der Waals surface area contributed by atoms with Gasteiger partial charge in [-0.1, -0.05) is 36.8 Å². The van der Waals surface area contributed by atoms with E-state index in [0.29, 0.717) is 30.7 Å². The van der Waals surface area contributed by atoms with Crippen molar-refractivity contribution in [1.29, 1.82) is 5.41 Å². The molecular weight excluding hydrogens is 413 g/mol. The van der Waals surface area contributed by atoms with Gasteiger partial charge in [0.15, 0.2) is 0 Å². The predicted molar refractivity (Wildman–Crippen MR) is 134 cm³/mol. The third kappa shape index (κ3) is 5.41. The molecule has 1 saturated heterocycles. The summed E-state index contributed by atoms with van der Waals surface area (Å²) in [7, 11) is 0. The average molecular weight is 448 g/mol. The summed E-state index contributed by atoms with van der Waals surface area (Å²) in [4.78, 5) is 4.77. The average Bonchev–Trinajstić information content (AvgIpc) is 3.60. The summed E-state index contributed by atoms with van der Waals surface area (Å²) >= 11 is 0. The van der Waals surface area contributed by atoms with Crippen LogP contribution in [0.25, 0.3) is 5.70 Å². The normalized spacial score (nSPS) is 24.5. The van der Waals surface area contributed by atoms with Crippen LogP contribution in [0.1, 0.15) is 69.9 Å². The molecule has 2 fully saturated rings. The van der Waals surface area contributed by atoms with E-state index in [1.165, 1.54) is 17.2 Å².